The van der Waals surface area contributed by atoms with E-state index in [-0.39, 0.29) is 16.7 Å². The van der Waals surface area contributed by atoms with E-state index in [2.05, 4.69) is 59.0 Å². The number of hydrogen-bond donors (Lipinski definition) is 1. The van der Waals surface area contributed by atoms with Gasteiger partial charge in [-0.25, -0.2) is 0 Å². The van der Waals surface area contributed by atoms with Crippen molar-refractivity contribution < 1.29 is 4.79 Å². The first kappa shape index (κ1) is 18.4. The summed E-state index contributed by atoms with van der Waals surface area (Å²) in [7, 11) is 0. The van der Waals surface area contributed by atoms with E-state index in [4.69, 9.17) is 0 Å². The molecule has 1 amide bonds. The van der Waals surface area contributed by atoms with E-state index < -0.39 is 0 Å². The predicted octanol–water partition coefficient (Wildman–Crippen LogP) is 4.54. The molecule has 2 aliphatic rings. The number of carbonyl (C=O) groups is 1. The minimum absolute atomic E-state index is 0.127. The number of rotatable bonds is 3. The summed E-state index contributed by atoms with van der Waals surface area (Å²) in [6.07, 6.45) is 3.06. The van der Waals surface area contributed by atoms with Crippen molar-refractivity contribution in [2.45, 2.75) is 26.8 Å². The van der Waals surface area contributed by atoms with E-state index >= 15 is 0 Å². The predicted molar refractivity (Wildman–Crippen MR) is 117 cm³/mol. The number of piperidine rings is 2. The van der Waals surface area contributed by atoms with Crippen molar-refractivity contribution in [1.29, 1.82) is 0 Å². The molecule has 4 nitrogen and oxygen atoms in total. The highest BCUT2D eigenvalue weighted by Crippen LogP contribution is 2.46. The third-order valence-corrected chi connectivity index (χ3v) is 6.57. The van der Waals surface area contributed by atoms with E-state index in [9.17, 15) is 4.79 Å². The lowest BCUT2D eigenvalue weighted by atomic mass is 9.65. The fourth-order valence-corrected chi connectivity index (χ4v) is 5.98. The fourth-order valence-electron chi connectivity index (χ4n) is 5.98. The Balaban J connectivity index is 1.38. The number of likely N-dealkylation sites (tertiary alicyclic amines) is 2. The van der Waals surface area contributed by atoms with Crippen molar-refractivity contribution in [3.63, 3.8) is 0 Å². The summed E-state index contributed by atoms with van der Waals surface area (Å²) >= 11 is 0. The molecule has 0 aliphatic carbocycles. The van der Waals surface area contributed by atoms with Crippen LogP contribution in [0.5, 0.6) is 0 Å². The number of aromatic amines is 1. The molecule has 3 aromatic rings. The van der Waals surface area contributed by atoms with Gasteiger partial charge in [0.05, 0.1) is 5.56 Å². The number of H-pyrrole nitrogens is 1. The van der Waals surface area contributed by atoms with Gasteiger partial charge in [-0.1, -0.05) is 62.4 Å². The summed E-state index contributed by atoms with van der Waals surface area (Å²) in [5.41, 5.74) is 3.45. The molecule has 0 saturated carbocycles. The first-order valence-corrected chi connectivity index (χ1v) is 10.5. The molecule has 2 fully saturated rings. The van der Waals surface area contributed by atoms with Crippen LogP contribution in [0.15, 0.2) is 60.8 Å². The molecule has 3 heterocycles. The first-order valence-electron chi connectivity index (χ1n) is 10.5. The first-order chi connectivity index (χ1) is 13.9. The summed E-state index contributed by atoms with van der Waals surface area (Å²) in [4.78, 5) is 21.4. The molecule has 150 valence electrons. The maximum absolute atomic E-state index is 13.5. The van der Waals surface area contributed by atoms with Crippen LogP contribution in [0.1, 0.15) is 36.2 Å². The number of hydrogen-bond acceptors (Lipinski definition) is 2. The molecular formula is C25H29N3O. The summed E-state index contributed by atoms with van der Waals surface area (Å²) < 4.78 is 0. The van der Waals surface area contributed by atoms with Crippen molar-refractivity contribution in [3.05, 3.63) is 71.9 Å². The third kappa shape index (κ3) is 3.46. The second-order valence-corrected chi connectivity index (χ2v) is 9.84. The van der Waals surface area contributed by atoms with Gasteiger partial charge in [0.15, 0.2) is 0 Å². The highest BCUT2D eigenvalue weighted by atomic mass is 16.2. The van der Waals surface area contributed by atoms with Crippen LogP contribution < -0.4 is 0 Å². The lowest BCUT2D eigenvalue weighted by molar-refractivity contribution is -0.0662. The topological polar surface area (TPSA) is 39.3 Å². The summed E-state index contributed by atoms with van der Waals surface area (Å²) in [5.74, 6) is 0.163. The van der Waals surface area contributed by atoms with E-state index in [1.807, 2.05) is 30.5 Å². The Hall–Kier alpha value is -2.59. The highest BCUT2D eigenvalue weighted by molar-refractivity contribution is 6.06. The zero-order chi connectivity index (χ0) is 20.1. The number of fused-ring (bicyclic) bond motifs is 3. The van der Waals surface area contributed by atoms with Gasteiger partial charge in [0.2, 0.25) is 0 Å². The molecule has 2 bridgehead atoms. The molecule has 0 radical (unpaired) electrons. The van der Waals surface area contributed by atoms with Crippen molar-refractivity contribution in [1.82, 2.24) is 14.8 Å². The van der Waals surface area contributed by atoms with Gasteiger partial charge in [-0.15, -0.1) is 0 Å². The Kier molecular flexibility index (Phi) is 4.28. The van der Waals surface area contributed by atoms with Gasteiger partial charge in [-0.2, -0.15) is 0 Å². The second-order valence-electron chi connectivity index (χ2n) is 9.84. The minimum atomic E-state index is 0.127. The number of carbonyl (C=O) groups excluding carboxylic acids is 1. The number of benzene rings is 2. The van der Waals surface area contributed by atoms with Crippen molar-refractivity contribution in [3.8, 4) is 0 Å². The summed E-state index contributed by atoms with van der Waals surface area (Å²) in [6.45, 7) is 9.43. The SMILES string of the molecule is C[C@@]12CN(Cc3ccccc3)C[C@](C)(CN(C(=O)c3c[nH]c4ccccc34)C1)C2. The average Bonchev–Trinajstić information content (AvgIpc) is 3.10. The van der Waals surface area contributed by atoms with Gasteiger partial charge in [0.1, 0.15) is 0 Å². The van der Waals surface area contributed by atoms with Crippen LogP contribution in [0.3, 0.4) is 0 Å². The molecule has 2 aromatic carbocycles. The zero-order valence-corrected chi connectivity index (χ0v) is 17.3. The molecule has 5 rings (SSSR count). The molecular weight excluding hydrogens is 358 g/mol. The number of nitrogens with one attached hydrogen (secondary N) is 1. The molecule has 1 aromatic heterocycles. The van der Waals surface area contributed by atoms with Gasteiger partial charge < -0.3 is 9.88 Å². The van der Waals surface area contributed by atoms with Crippen LogP contribution in [0.2, 0.25) is 0 Å². The van der Waals surface area contributed by atoms with Crippen molar-refractivity contribution >= 4 is 16.8 Å². The van der Waals surface area contributed by atoms with Crippen LogP contribution in [-0.2, 0) is 6.54 Å². The normalized spacial score (nSPS) is 27.3. The quantitative estimate of drug-likeness (QED) is 0.716. The van der Waals surface area contributed by atoms with E-state index in [0.717, 1.165) is 49.2 Å². The van der Waals surface area contributed by atoms with Crippen LogP contribution in [-0.4, -0.2) is 46.9 Å². The van der Waals surface area contributed by atoms with Crippen LogP contribution in [0.25, 0.3) is 10.9 Å². The third-order valence-electron chi connectivity index (χ3n) is 6.57. The Bertz CT molecular complexity index is 1020. The average molecular weight is 388 g/mol. The number of amides is 1. The van der Waals surface area contributed by atoms with E-state index in [1.165, 1.54) is 12.0 Å². The lowest BCUT2D eigenvalue weighted by Gasteiger charge is -2.56. The Morgan fingerprint density at radius 3 is 2.31 bits per heavy atom. The molecule has 0 spiro atoms. The molecule has 1 N–H and O–H groups in total. The Morgan fingerprint density at radius 1 is 0.931 bits per heavy atom. The van der Waals surface area contributed by atoms with Gasteiger partial charge in [0.25, 0.3) is 5.91 Å². The fraction of sp³-hybridized carbons (Fsp3) is 0.400. The van der Waals surface area contributed by atoms with Crippen LogP contribution >= 0.6 is 0 Å². The van der Waals surface area contributed by atoms with Crippen LogP contribution in [0, 0.1) is 10.8 Å². The standard InChI is InChI=1S/C25H29N3O/c1-24-14-25(2,16-27(15-24)13-19-8-4-3-5-9-19)18-28(17-24)23(29)21-12-26-22-11-7-6-10-20(21)22/h3-12,26H,13-18H2,1-2H3/t24-,25-/m1/s1. The van der Waals surface area contributed by atoms with Crippen molar-refractivity contribution in [2.24, 2.45) is 10.8 Å². The Labute approximate surface area is 172 Å². The monoisotopic (exact) mass is 387 g/mol. The van der Waals surface area contributed by atoms with Gasteiger partial charge in [-0.3, -0.25) is 9.69 Å². The second kappa shape index (κ2) is 6.74. The molecule has 4 heteroatoms. The van der Waals surface area contributed by atoms with E-state index in [1.54, 1.807) is 0 Å². The van der Waals surface area contributed by atoms with E-state index in [0.29, 0.717) is 0 Å². The van der Waals surface area contributed by atoms with Gasteiger partial charge in [-0.05, 0) is 28.9 Å². The molecule has 29 heavy (non-hydrogen) atoms. The van der Waals surface area contributed by atoms with Gasteiger partial charge in [0, 0.05) is 49.8 Å². The smallest absolute Gasteiger partial charge is 0.256 e. The Morgan fingerprint density at radius 2 is 1.59 bits per heavy atom. The number of nitrogens with zero attached hydrogens (tertiary/aromatic N) is 2. The van der Waals surface area contributed by atoms with Crippen LogP contribution in [0.4, 0.5) is 0 Å². The lowest BCUT2D eigenvalue weighted by Crippen LogP contribution is -2.62. The summed E-state index contributed by atoms with van der Waals surface area (Å²) in [5, 5.41) is 1.02. The molecule has 2 aliphatic heterocycles. The van der Waals surface area contributed by atoms with Gasteiger partial charge >= 0.3 is 0 Å². The number of aromatic nitrogens is 1. The largest absolute Gasteiger partial charge is 0.360 e. The summed E-state index contributed by atoms with van der Waals surface area (Å²) in [6, 6.07) is 18.8. The molecule has 2 atom stereocenters. The maximum Gasteiger partial charge on any atom is 0.256 e. The maximum atomic E-state index is 13.5. The molecule has 2 saturated heterocycles. The van der Waals surface area contributed by atoms with Crippen molar-refractivity contribution in [2.75, 3.05) is 26.2 Å². The zero-order valence-electron chi connectivity index (χ0n) is 17.3. The number of para-hydroxylation sites is 1. The molecule has 0 unspecified atom stereocenters. The highest BCUT2D eigenvalue weighted by Gasteiger charge is 2.49. The minimum Gasteiger partial charge on any atom is -0.360 e.